The van der Waals surface area contributed by atoms with E-state index in [-0.39, 0.29) is 23.8 Å². The van der Waals surface area contributed by atoms with Gasteiger partial charge >= 0.3 is 5.97 Å². The molecule has 1 unspecified atom stereocenters. The zero-order valence-corrected chi connectivity index (χ0v) is 9.86. The molecule has 0 amide bonds. The molecule has 1 saturated heterocycles. The lowest BCUT2D eigenvalue weighted by Gasteiger charge is -2.11. The number of fused-ring (bicyclic) bond motifs is 1. The van der Waals surface area contributed by atoms with E-state index in [1.54, 1.807) is 6.08 Å². The van der Waals surface area contributed by atoms with Crippen LogP contribution in [0.25, 0.3) is 0 Å². The van der Waals surface area contributed by atoms with Crippen LogP contribution in [0.1, 0.15) is 39.5 Å². The molecular formula is C13H18O3. The van der Waals surface area contributed by atoms with Gasteiger partial charge in [0.2, 0.25) is 0 Å². The van der Waals surface area contributed by atoms with Gasteiger partial charge in [-0.05, 0) is 39.2 Å². The zero-order valence-electron chi connectivity index (χ0n) is 9.86. The van der Waals surface area contributed by atoms with E-state index in [0.717, 1.165) is 24.8 Å². The molecule has 3 heteroatoms. The molecule has 0 bridgehead atoms. The Kier molecular flexibility index (Phi) is 3.13. The normalized spacial score (nSPS) is 32.1. The molecule has 2 fully saturated rings. The van der Waals surface area contributed by atoms with Crippen LogP contribution in [0.5, 0.6) is 0 Å². The maximum atomic E-state index is 11.7. The molecule has 0 aromatic carbocycles. The van der Waals surface area contributed by atoms with Crippen molar-refractivity contribution in [1.29, 1.82) is 0 Å². The third kappa shape index (κ3) is 2.18. The van der Waals surface area contributed by atoms with E-state index in [1.807, 2.05) is 13.8 Å². The van der Waals surface area contributed by atoms with Crippen LogP contribution in [-0.2, 0) is 14.3 Å². The SMILES string of the molecule is CC(C)=CC(=O)C[C@@H]1C(=O)O[C@H]2CCCC21. The van der Waals surface area contributed by atoms with Gasteiger partial charge in [-0.1, -0.05) is 5.57 Å². The quantitative estimate of drug-likeness (QED) is 0.543. The van der Waals surface area contributed by atoms with Crippen LogP contribution in [-0.4, -0.2) is 17.9 Å². The summed E-state index contributed by atoms with van der Waals surface area (Å²) >= 11 is 0. The van der Waals surface area contributed by atoms with Crippen LogP contribution in [0.15, 0.2) is 11.6 Å². The first-order valence-electron chi connectivity index (χ1n) is 5.96. The summed E-state index contributed by atoms with van der Waals surface area (Å²) in [5.41, 5.74) is 0.985. The number of hydrogen-bond donors (Lipinski definition) is 0. The Morgan fingerprint density at radius 1 is 1.44 bits per heavy atom. The monoisotopic (exact) mass is 222 g/mol. The lowest BCUT2D eigenvalue weighted by atomic mass is 9.88. The molecule has 2 rings (SSSR count). The third-order valence-corrected chi connectivity index (χ3v) is 3.46. The van der Waals surface area contributed by atoms with E-state index < -0.39 is 0 Å². The molecule has 0 spiro atoms. The summed E-state index contributed by atoms with van der Waals surface area (Å²) in [5.74, 6) is -0.00248. The summed E-state index contributed by atoms with van der Waals surface area (Å²) in [6.07, 6.45) is 5.17. The molecule has 3 nitrogen and oxygen atoms in total. The van der Waals surface area contributed by atoms with Gasteiger partial charge in [0.25, 0.3) is 0 Å². The predicted octanol–water partition coefficient (Wildman–Crippen LogP) is 2.25. The molecule has 0 N–H and O–H groups in total. The second kappa shape index (κ2) is 4.40. The fourth-order valence-corrected chi connectivity index (χ4v) is 2.81. The minimum Gasteiger partial charge on any atom is -0.462 e. The Morgan fingerprint density at radius 2 is 2.19 bits per heavy atom. The van der Waals surface area contributed by atoms with Crippen molar-refractivity contribution in [2.24, 2.45) is 11.8 Å². The molecule has 0 radical (unpaired) electrons. The summed E-state index contributed by atoms with van der Waals surface area (Å²) in [6, 6.07) is 0. The van der Waals surface area contributed by atoms with Gasteiger partial charge in [0.15, 0.2) is 5.78 Å². The molecule has 1 heterocycles. The summed E-state index contributed by atoms with van der Waals surface area (Å²) in [5, 5.41) is 0. The van der Waals surface area contributed by atoms with Crippen LogP contribution in [0, 0.1) is 11.8 Å². The number of rotatable bonds is 3. The number of allylic oxidation sites excluding steroid dienone is 2. The average Bonchev–Trinajstić information content (AvgIpc) is 2.69. The van der Waals surface area contributed by atoms with Crippen molar-refractivity contribution >= 4 is 11.8 Å². The highest BCUT2D eigenvalue weighted by Gasteiger charge is 2.47. The lowest BCUT2D eigenvalue weighted by molar-refractivity contribution is -0.145. The number of ether oxygens (including phenoxy) is 1. The molecule has 1 aliphatic heterocycles. The van der Waals surface area contributed by atoms with E-state index in [1.165, 1.54) is 0 Å². The Morgan fingerprint density at radius 3 is 2.88 bits per heavy atom. The summed E-state index contributed by atoms with van der Waals surface area (Å²) < 4.78 is 5.29. The first kappa shape index (κ1) is 11.4. The molecule has 2 aliphatic rings. The highest BCUT2D eigenvalue weighted by molar-refractivity contribution is 5.93. The Bertz CT molecular complexity index is 339. The summed E-state index contributed by atoms with van der Waals surface area (Å²) in [7, 11) is 0. The van der Waals surface area contributed by atoms with E-state index in [9.17, 15) is 9.59 Å². The number of esters is 1. The van der Waals surface area contributed by atoms with Gasteiger partial charge in [-0.25, -0.2) is 0 Å². The van der Waals surface area contributed by atoms with Gasteiger partial charge in [-0.3, -0.25) is 9.59 Å². The van der Waals surface area contributed by atoms with Gasteiger partial charge in [0.1, 0.15) is 6.10 Å². The van der Waals surface area contributed by atoms with E-state index in [2.05, 4.69) is 0 Å². The molecular weight excluding hydrogens is 204 g/mol. The van der Waals surface area contributed by atoms with E-state index in [0.29, 0.717) is 12.3 Å². The number of carbonyl (C=O) groups is 2. The standard InChI is InChI=1S/C13H18O3/c1-8(2)6-9(14)7-11-10-4-3-5-12(10)16-13(11)15/h6,10-12H,3-5,7H2,1-2H3/t10?,11-,12-/m0/s1. The minimum absolute atomic E-state index is 0.0505. The van der Waals surface area contributed by atoms with Gasteiger partial charge < -0.3 is 4.74 Å². The first-order valence-corrected chi connectivity index (χ1v) is 5.96. The number of carbonyl (C=O) groups excluding carboxylic acids is 2. The molecule has 3 atom stereocenters. The van der Waals surface area contributed by atoms with Crippen molar-refractivity contribution in [3.8, 4) is 0 Å². The summed E-state index contributed by atoms with van der Waals surface area (Å²) in [4.78, 5) is 23.3. The van der Waals surface area contributed by atoms with E-state index in [4.69, 9.17) is 4.74 Å². The molecule has 1 aliphatic carbocycles. The van der Waals surface area contributed by atoms with Gasteiger partial charge in [0.05, 0.1) is 5.92 Å². The number of ketones is 1. The summed E-state index contributed by atoms with van der Waals surface area (Å²) in [6.45, 7) is 3.78. The maximum absolute atomic E-state index is 11.7. The average molecular weight is 222 g/mol. The van der Waals surface area contributed by atoms with Crippen LogP contribution in [0.4, 0.5) is 0 Å². The first-order chi connectivity index (χ1) is 7.58. The van der Waals surface area contributed by atoms with Crippen LogP contribution in [0.2, 0.25) is 0 Å². The predicted molar refractivity (Wildman–Crippen MR) is 59.8 cm³/mol. The molecule has 1 saturated carbocycles. The van der Waals surface area contributed by atoms with Crippen LogP contribution < -0.4 is 0 Å². The second-order valence-corrected chi connectivity index (χ2v) is 5.07. The molecule has 88 valence electrons. The fourth-order valence-electron chi connectivity index (χ4n) is 2.81. The van der Waals surface area contributed by atoms with Crippen molar-refractivity contribution < 1.29 is 14.3 Å². The Balaban J connectivity index is 2.01. The van der Waals surface area contributed by atoms with Crippen LogP contribution in [0.3, 0.4) is 0 Å². The highest BCUT2D eigenvalue weighted by atomic mass is 16.6. The van der Waals surface area contributed by atoms with Crippen LogP contribution >= 0.6 is 0 Å². The van der Waals surface area contributed by atoms with Crippen molar-refractivity contribution in [3.05, 3.63) is 11.6 Å². The molecule has 0 aromatic heterocycles. The maximum Gasteiger partial charge on any atom is 0.310 e. The Hall–Kier alpha value is -1.12. The smallest absolute Gasteiger partial charge is 0.310 e. The van der Waals surface area contributed by atoms with Gasteiger partial charge in [-0.2, -0.15) is 0 Å². The zero-order chi connectivity index (χ0) is 11.7. The molecule has 0 aromatic rings. The second-order valence-electron chi connectivity index (χ2n) is 5.07. The Labute approximate surface area is 95.9 Å². The third-order valence-electron chi connectivity index (χ3n) is 3.46. The number of hydrogen-bond acceptors (Lipinski definition) is 3. The van der Waals surface area contributed by atoms with Crippen molar-refractivity contribution in [2.45, 2.75) is 45.6 Å². The van der Waals surface area contributed by atoms with Crippen molar-refractivity contribution in [1.82, 2.24) is 0 Å². The van der Waals surface area contributed by atoms with Crippen molar-refractivity contribution in [2.75, 3.05) is 0 Å². The fraction of sp³-hybridized carbons (Fsp3) is 0.692. The topological polar surface area (TPSA) is 43.4 Å². The van der Waals surface area contributed by atoms with Crippen molar-refractivity contribution in [3.63, 3.8) is 0 Å². The molecule has 16 heavy (non-hydrogen) atoms. The lowest BCUT2D eigenvalue weighted by Crippen LogP contribution is -2.19. The minimum atomic E-state index is -0.185. The van der Waals surface area contributed by atoms with Gasteiger partial charge in [-0.15, -0.1) is 0 Å². The largest absolute Gasteiger partial charge is 0.462 e. The highest BCUT2D eigenvalue weighted by Crippen LogP contribution is 2.41. The van der Waals surface area contributed by atoms with Gasteiger partial charge in [0, 0.05) is 12.3 Å². The van der Waals surface area contributed by atoms with E-state index >= 15 is 0 Å².